The van der Waals surface area contributed by atoms with E-state index in [1.807, 2.05) is 26.8 Å². The molecule has 0 bridgehead atoms. The third kappa shape index (κ3) is 4.74. The molecule has 0 saturated carbocycles. The number of hydrogen-bond acceptors (Lipinski definition) is 6. The summed E-state index contributed by atoms with van der Waals surface area (Å²) in [6.07, 6.45) is -0.802. The highest BCUT2D eigenvalue weighted by Gasteiger charge is 2.35. The average molecular weight is 443 g/mol. The monoisotopic (exact) mass is 442 g/mol. The first-order chi connectivity index (χ1) is 15.4. The molecule has 0 spiro atoms. The third-order valence-corrected chi connectivity index (χ3v) is 4.89. The molecule has 1 unspecified atom stereocenters. The van der Waals surface area contributed by atoms with Crippen molar-refractivity contribution in [1.82, 2.24) is 4.90 Å². The molecular formula is C24H30N2O6. The third-order valence-electron chi connectivity index (χ3n) is 4.89. The number of amides is 2. The summed E-state index contributed by atoms with van der Waals surface area (Å²) >= 11 is 0. The van der Waals surface area contributed by atoms with Gasteiger partial charge in [0.1, 0.15) is 5.75 Å². The van der Waals surface area contributed by atoms with Crippen molar-refractivity contribution in [2.45, 2.75) is 26.9 Å². The molecule has 0 N–H and O–H groups in total. The van der Waals surface area contributed by atoms with Crippen molar-refractivity contribution < 1.29 is 28.5 Å². The molecule has 1 atom stereocenters. The molecule has 1 aliphatic heterocycles. The van der Waals surface area contributed by atoms with Crippen LogP contribution >= 0.6 is 0 Å². The molecule has 0 aliphatic carbocycles. The first-order valence-electron chi connectivity index (χ1n) is 10.8. The van der Waals surface area contributed by atoms with E-state index in [-0.39, 0.29) is 18.4 Å². The molecule has 32 heavy (non-hydrogen) atoms. The van der Waals surface area contributed by atoms with Gasteiger partial charge in [-0.25, -0.2) is 0 Å². The van der Waals surface area contributed by atoms with Crippen LogP contribution in [0.15, 0.2) is 36.4 Å². The zero-order chi connectivity index (χ0) is 23.3. The van der Waals surface area contributed by atoms with Crippen LogP contribution in [0.3, 0.4) is 0 Å². The lowest BCUT2D eigenvalue weighted by Gasteiger charge is -2.35. The molecule has 1 heterocycles. The minimum absolute atomic E-state index is 0.0913. The fraction of sp³-hybridized carbons (Fsp3) is 0.417. The lowest BCUT2D eigenvalue weighted by Crippen LogP contribution is -2.50. The molecule has 3 rings (SSSR count). The molecule has 0 fully saturated rings. The van der Waals surface area contributed by atoms with Gasteiger partial charge in [0.05, 0.1) is 32.1 Å². The van der Waals surface area contributed by atoms with Crippen LogP contribution in [-0.2, 0) is 4.79 Å². The van der Waals surface area contributed by atoms with E-state index in [0.29, 0.717) is 54.1 Å². The minimum Gasteiger partial charge on any atom is -0.490 e. The molecule has 0 radical (unpaired) electrons. The normalized spacial score (nSPS) is 14.8. The quantitative estimate of drug-likeness (QED) is 0.624. The van der Waals surface area contributed by atoms with E-state index in [1.165, 1.54) is 4.90 Å². The second kappa shape index (κ2) is 10.3. The molecule has 1 aliphatic rings. The standard InChI is InChI=1S/C24H30N2O6/c1-6-29-19-13-16(14-20(30-7-2)22(19)31-8-3)23(27)26-15-21(24(28)25(4)5)32-18-12-10-9-11-17(18)26/h9-14,21H,6-8,15H2,1-5H3. The number of carbonyl (C=O) groups is 2. The zero-order valence-corrected chi connectivity index (χ0v) is 19.2. The molecule has 8 heteroatoms. The number of fused-ring (bicyclic) bond motifs is 1. The van der Waals surface area contributed by atoms with Gasteiger partial charge in [0.2, 0.25) is 5.75 Å². The van der Waals surface area contributed by atoms with Crippen LogP contribution in [0, 0.1) is 0 Å². The van der Waals surface area contributed by atoms with Crippen LogP contribution in [0.4, 0.5) is 5.69 Å². The highest BCUT2D eigenvalue weighted by atomic mass is 16.5. The highest BCUT2D eigenvalue weighted by molar-refractivity contribution is 6.08. The van der Waals surface area contributed by atoms with Gasteiger partial charge in [0.15, 0.2) is 17.6 Å². The Hall–Kier alpha value is -3.42. The molecule has 2 amide bonds. The van der Waals surface area contributed by atoms with Gasteiger partial charge in [-0.2, -0.15) is 0 Å². The van der Waals surface area contributed by atoms with Crippen molar-refractivity contribution in [3.63, 3.8) is 0 Å². The lowest BCUT2D eigenvalue weighted by atomic mass is 10.1. The van der Waals surface area contributed by atoms with Gasteiger partial charge < -0.3 is 28.7 Å². The Morgan fingerprint density at radius 1 is 1.00 bits per heavy atom. The SMILES string of the molecule is CCOc1cc(C(=O)N2CC(C(=O)N(C)C)Oc3ccccc32)cc(OCC)c1OCC. The predicted octanol–water partition coefficient (Wildman–Crippen LogP) is 3.38. The van der Waals surface area contributed by atoms with Gasteiger partial charge in [-0.15, -0.1) is 0 Å². The van der Waals surface area contributed by atoms with E-state index < -0.39 is 6.10 Å². The largest absolute Gasteiger partial charge is 0.490 e. The summed E-state index contributed by atoms with van der Waals surface area (Å²) in [5, 5.41) is 0. The number of ether oxygens (including phenoxy) is 4. The number of carbonyl (C=O) groups excluding carboxylic acids is 2. The van der Waals surface area contributed by atoms with E-state index in [9.17, 15) is 9.59 Å². The van der Waals surface area contributed by atoms with Crippen LogP contribution < -0.4 is 23.8 Å². The van der Waals surface area contributed by atoms with Crippen LogP contribution in [0.1, 0.15) is 31.1 Å². The number of hydrogen-bond donors (Lipinski definition) is 0. The Morgan fingerprint density at radius 2 is 1.59 bits per heavy atom. The van der Waals surface area contributed by atoms with Gasteiger partial charge in [0, 0.05) is 19.7 Å². The smallest absolute Gasteiger partial charge is 0.265 e. The topological polar surface area (TPSA) is 77.5 Å². The number of para-hydroxylation sites is 2. The van der Waals surface area contributed by atoms with E-state index >= 15 is 0 Å². The minimum atomic E-state index is -0.802. The summed E-state index contributed by atoms with van der Waals surface area (Å²) < 4.78 is 23.1. The Morgan fingerprint density at radius 3 is 2.16 bits per heavy atom. The zero-order valence-electron chi connectivity index (χ0n) is 19.2. The van der Waals surface area contributed by atoms with Gasteiger partial charge in [0.25, 0.3) is 11.8 Å². The average Bonchev–Trinajstić information content (AvgIpc) is 2.79. The fourth-order valence-electron chi connectivity index (χ4n) is 3.51. The maximum absolute atomic E-state index is 13.7. The van der Waals surface area contributed by atoms with E-state index in [4.69, 9.17) is 18.9 Å². The highest BCUT2D eigenvalue weighted by Crippen LogP contribution is 2.41. The Labute approximate surface area is 188 Å². The molecule has 2 aromatic rings. The summed E-state index contributed by atoms with van der Waals surface area (Å²) in [6, 6.07) is 10.5. The first kappa shape index (κ1) is 23.2. The maximum atomic E-state index is 13.7. The Bertz CT molecular complexity index is 948. The Kier molecular flexibility index (Phi) is 7.45. The molecule has 8 nitrogen and oxygen atoms in total. The summed E-state index contributed by atoms with van der Waals surface area (Å²) in [7, 11) is 3.32. The van der Waals surface area contributed by atoms with E-state index in [0.717, 1.165) is 0 Å². The second-order valence-electron chi connectivity index (χ2n) is 7.32. The van der Waals surface area contributed by atoms with Crippen molar-refractivity contribution in [1.29, 1.82) is 0 Å². The van der Waals surface area contributed by atoms with Gasteiger partial charge in [-0.1, -0.05) is 12.1 Å². The Balaban J connectivity index is 2.05. The molecule has 0 aromatic heterocycles. The van der Waals surface area contributed by atoms with Crippen LogP contribution in [0.25, 0.3) is 0 Å². The molecule has 0 saturated heterocycles. The van der Waals surface area contributed by atoms with Crippen molar-refractivity contribution in [3.05, 3.63) is 42.0 Å². The van der Waals surface area contributed by atoms with Crippen molar-refractivity contribution in [3.8, 4) is 23.0 Å². The maximum Gasteiger partial charge on any atom is 0.265 e. The van der Waals surface area contributed by atoms with Gasteiger partial charge in [-0.05, 0) is 45.0 Å². The molecule has 2 aromatic carbocycles. The predicted molar refractivity (Wildman–Crippen MR) is 121 cm³/mol. The van der Waals surface area contributed by atoms with Gasteiger partial charge >= 0.3 is 0 Å². The van der Waals surface area contributed by atoms with E-state index in [2.05, 4.69) is 0 Å². The van der Waals surface area contributed by atoms with Crippen molar-refractivity contribution in [2.75, 3.05) is 45.4 Å². The fourth-order valence-corrected chi connectivity index (χ4v) is 3.51. The van der Waals surface area contributed by atoms with Gasteiger partial charge in [-0.3, -0.25) is 9.59 Å². The van der Waals surface area contributed by atoms with Crippen molar-refractivity contribution in [2.24, 2.45) is 0 Å². The lowest BCUT2D eigenvalue weighted by molar-refractivity contribution is -0.135. The summed E-state index contributed by atoms with van der Waals surface area (Å²) in [5.74, 6) is 1.32. The number of nitrogens with zero attached hydrogens (tertiary/aromatic N) is 2. The first-order valence-corrected chi connectivity index (χ1v) is 10.8. The number of benzene rings is 2. The van der Waals surface area contributed by atoms with Crippen molar-refractivity contribution >= 4 is 17.5 Å². The number of likely N-dealkylation sites (N-methyl/N-ethyl adjacent to an activating group) is 1. The van der Waals surface area contributed by atoms with Crippen LogP contribution in [0.2, 0.25) is 0 Å². The van der Waals surface area contributed by atoms with Crippen LogP contribution in [-0.4, -0.2) is 63.3 Å². The summed E-state index contributed by atoms with van der Waals surface area (Å²) in [6.45, 7) is 6.93. The molecule has 172 valence electrons. The van der Waals surface area contributed by atoms with Crippen LogP contribution in [0.5, 0.6) is 23.0 Å². The van der Waals surface area contributed by atoms with E-state index in [1.54, 1.807) is 49.3 Å². The summed E-state index contributed by atoms with van der Waals surface area (Å²) in [5.41, 5.74) is 0.971. The second-order valence-corrected chi connectivity index (χ2v) is 7.32. The number of rotatable bonds is 8. The number of anilines is 1. The summed E-state index contributed by atoms with van der Waals surface area (Å²) in [4.78, 5) is 29.3. The molecular weight excluding hydrogens is 412 g/mol.